The molecule has 2 fully saturated rings. The summed E-state index contributed by atoms with van der Waals surface area (Å²) in [4.78, 5) is 20.7. The monoisotopic (exact) mass is 410 g/mol. The normalized spacial score (nSPS) is 24.5. The van der Waals surface area contributed by atoms with Crippen molar-refractivity contribution in [3.05, 3.63) is 48.3 Å². The molecule has 0 bridgehead atoms. The van der Waals surface area contributed by atoms with Gasteiger partial charge in [-0.1, -0.05) is 12.1 Å². The molecule has 0 aliphatic carbocycles. The molecule has 0 unspecified atom stereocenters. The largest absolute Gasteiger partial charge is 0.354 e. The highest BCUT2D eigenvalue weighted by Crippen LogP contribution is 2.45. The topological polar surface area (TPSA) is 60.9 Å². The fraction of sp³-hybridized carbons (Fsp3) is 0.389. The van der Waals surface area contributed by atoms with E-state index in [0.29, 0.717) is 17.5 Å². The van der Waals surface area contributed by atoms with E-state index in [-0.39, 0.29) is 36.7 Å². The Labute approximate surface area is 169 Å². The lowest BCUT2D eigenvalue weighted by molar-refractivity contribution is 0.279. The Morgan fingerprint density at radius 1 is 1.11 bits per heavy atom. The number of hydrogen-bond acceptors (Lipinski definition) is 5. The van der Waals surface area contributed by atoms with Crippen LogP contribution in [0.15, 0.2) is 36.9 Å². The minimum atomic E-state index is -0.167. The van der Waals surface area contributed by atoms with Gasteiger partial charge < -0.3 is 9.88 Å². The molecule has 2 aromatic heterocycles. The number of halogens is 3. The summed E-state index contributed by atoms with van der Waals surface area (Å²) in [5.41, 5.74) is 2.64. The fourth-order valence-corrected chi connectivity index (χ4v) is 4.61. The van der Waals surface area contributed by atoms with Gasteiger partial charge in [0.2, 0.25) is 0 Å². The van der Waals surface area contributed by atoms with E-state index in [4.69, 9.17) is 0 Å². The Hall–Kier alpha value is -1.96. The van der Waals surface area contributed by atoms with E-state index in [0.717, 1.165) is 36.5 Å². The van der Waals surface area contributed by atoms with Crippen LogP contribution in [0.5, 0.6) is 0 Å². The second-order valence-corrected chi connectivity index (χ2v) is 7.07. The van der Waals surface area contributed by atoms with Gasteiger partial charge in [0.25, 0.3) is 0 Å². The average molecular weight is 411 g/mol. The van der Waals surface area contributed by atoms with Crippen molar-refractivity contribution in [2.75, 3.05) is 31.6 Å². The van der Waals surface area contributed by atoms with Gasteiger partial charge in [-0.25, -0.2) is 19.3 Å². The van der Waals surface area contributed by atoms with Crippen molar-refractivity contribution in [2.24, 2.45) is 11.8 Å². The predicted octanol–water partition coefficient (Wildman–Crippen LogP) is 3.07. The maximum absolute atomic E-state index is 13.7. The highest BCUT2D eigenvalue weighted by molar-refractivity contribution is 5.85. The van der Waals surface area contributed by atoms with Gasteiger partial charge in [0, 0.05) is 31.6 Å². The van der Waals surface area contributed by atoms with Gasteiger partial charge in [-0.05, 0) is 30.7 Å². The number of anilines is 1. The van der Waals surface area contributed by atoms with E-state index >= 15 is 0 Å². The molecule has 144 valence electrons. The van der Waals surface area contributed by atoms with Crippen LogP contribution in [0, 0.1) is 17.7 Å². The number of benzene rings is 1. The summed E-state index contributed by atoms with van der Waals surface area (Å²) in [5, 5.41) is 0. The van der Waals surface area contributed by atoms with E-state index in [9.17, 15) is 4.39 Å². The standard InChI is InChI=1S/C18H19FN6.2ClH/c1-24-6-12-7-25(18-15-17(21-9-20-15)22-10-23-18)8-14(12)16(24)11-3-2-4-13(19)5-11;;/h2-5,9-10,12,14,16H,6-8H2,1H3,(H,20,21,22,23);2*1H/t12-,14+,16-;;/m0../s1. The molecule has 5 rings (SSSR count). The highest BCUT2D eigenvalue weighted by Gasteiger charge is 2.46. The number of imidazole rings is 1. The van der Waals surface area contributed by atoms with Gasteiger partial charge >= 0.3 is 0 Å². The van der Waals surface area contributed by atoms with Crippen molar-refractivity contribution in [3.8, 4) is 0 Å². The third kappa shape index (κ3) is 3.24. The average Bonchev–Trinajstić information content (AvgIpc) is 3.27. The molecule has 2 saturated heterocycles. The van der Waals surface area contributed by atoms with Crippen LogP contribution in [0.1, 0.15) is 11.6 Å². The van der Waals surface area contributed by atoms with Crippen LogP contribution >= 0.6 is 24.8 Å². The van der Waals surface area contributed by atoms with Crippen LogP contribution in [0.4, 0.5) is 10.2 Å². The molecule has 3 atom stereocenters. The number of nitrogens with zero attached hydrogens (tertiary/aromatic N) is 5. The number of fused-ring (bicyclic) bond motifs is 2. The first kappa shape index (κ1) is 19.8. The van der Waals surface area contributed by atoms with Crippen molar-refractivity contribution in [3.63, 3.8) is 0 Å². The summed E-state index contributed by atoms with van der Waals surface area (Å²) >= 11 is 0. The minimum absolute atomic E-state index is 0. The van der Waals surface area contributed by atoms with E-state index < -0.39 is 0 Å². The molecule has 1 aromatic carbocycles. The lowest BCUT2D eigenvalue weighted by atomic mass is 9.89. The van der Waals surface area contributed by atoms with Gasteiger partial charge in [-0.2, -0.15) is 0 Å². The summed E-state index contributed by atoms with van der Waals surface area (Å²) in [5.74, 6) is 1.75. The molecule has 6 nitrogen and oxygen atoms in total. The second kappa shape index (κ2) is 7.58. The molecule has 0 amide bonds. The lowest BCUT2D eigenvalue weighted by Crippen LogP contribution is -2.29. The molecule has 0 spiro atoms. The number of nitrogens with one attached hydrogen (secondary N) is 1. The zero-order valence-electron chi connectivity index (χ0n) is 14.7. The summed E-state index contributed by atoms with van der Waals surface area (Å²) in [7, 11) is 2.13. The number of aromatic nitrogens is 4. The Morgan fingerprint density at radius 3 is 2.78 bits per heavy atom. The van der Waals surface area contributed by atoms with E-state index in [2.05, 4.69) is 36.8 Å². The van der Waals surface area contributed by atoms with Gasteiger partial charge in [0.15, 0.2) is 11.5 Å². The van der Waals surface area contributed by atoms with Gasteiger partial charge in [-0.15, -0.1) is 24.8 Å². The SMILES string of the molecule is CN1C[C@H]2CN(c3ncnc4nc[nH]c34)C[C@H]2[C@@H]1c1cccc(F)c1.Cl.Cl. The van der Waals surface area contributed by atoms with E-state index in [1.54, 1.807) is 24.8 Å². The van der Waals surface area contributed by atoms with Crippen LogP contribution in [-0.4, -0.2) is 51.5 Å². The number of hydrogen-bond donors (Lipinski definition) is 1. The van der Waals surface area contributed by atoms with Crippen LogP contribution in [0.25, 0.3) is 11.2 Å². The first-order valence-electron chi connectivity index (χ1n) is 8.55. The fourth-order valence-electron chi connectivity index (χ4n) is 4.61. The maximum Gasteiger partial charge on any atom is 0.182 e. The zero-order valence-corrected chi connectivity index (χ0v) is 16.4. The third-order valence-electron chi connectivity index (χ3n) is 5.59. The molecule has 2 aliphatic heterocycles. The van der Waals surface area contributed by atoms with E-state index in [1.807, 2.05) is 6.07 Å². The zero-order chi connectivity index (χ0) is 17.0. The maximum atomic E-state index is 13.7. The molecule has 1 N–H and O–H groups in total. The summed E-state index contributed by atoms with van der Waals surface area (Å²) in [6.45, 7) is 2.87. The van der Waals surface area contributed by atoms with Crippen LogP contribution < -0.4 is 4.90 Å². The van der Waals surface area contributed by atoms with Crippen molar-refractivity contribution >= 4 is 41.8 Å². The third-order valence-corrected chi connectivity index (χ3v) is 5.59. The summed E-state index contributed by atoms with van der Waals surface area (Å²) < 4.78 is 13.7. The Balaban J connectivity index is 0.00000105. The van der Waals surface area contributed by atoms with Crippen molar-refractivity contribution in [2.45, 2.75) is 6.04 Å². The van der Waals surface area contributed by atoms with Gasteiger partial charge in [0.1, 0.15) is 17.7 Å². The Bertz CT molecular complexity index is 935. The molecule has 4 heterocycles. The minimum Gasteiger partial charge on any atom is -0.354 e. The lowest BCUT2D eigenvalue weighted by Gasteiger charge is -2.27. The van der Waals surface area contributed by atoms with Crippen LogP contribution in [-0.2, 0) is 0 Å². The van der Waals surface area contributed by atoms with E-state index in [1.165, 1.54) is 6.07 Å². The highest BCUT2D eigenvalue weighted by atomic mass is 35.5. The molecule has 27 heavy (non-hydrogen) atoms. The van der Waals surface area contributed by atoms with Crippen LogP contribution in [0.2, 0.25) is 0 Å². The molecule has 0 saturated carbocycles. The van der Waals surface area contributed by atoms with Crippen molar-refractivity contribution < 1.29 is 4.39 Å². The molecule has 0 radical (unpaired) electrons. The Kier molecular flexibility index (Phi) is 5.55. The molecule has 3 aromatic rings. The number of aromatic amines is 1. The second-order valence-electron chi connectivity index (χ2n) is 7.07. The summed E-state index contributed by atoms with van der Waals surface area (Å²) in [6, 6.07) is 7.26. The predicted molar refractivity (Wildman–Crippen MR) is 107 cm³/mol. The quantitative estimate of drug-likeness (QED) is 0.703. The molecular weight excluding hydrogens is 390 g/mol. The molecule has 2 aliphatic rings. The first-order chi connectivity index (χ1) is 12.2. The smallest absolute Gasteiger partial charge is 0.182 e. The number of likely N-dealkylation sites (tertiary alicyclic amines) is 1. The van der Waals surface area contributed by atoms with Crippen molar-refractivity contribution in [1.29, 1.82) is 0 Å². The molecular formula is C18H21Cl2FN6. The summed E-state index contributed by atoms with van der Waals surface area (Å²) in [6.07, 6.45) is 3.23. The van der Waals surface area contributed by atoms with Gasteiger partial charge in [0.05, 0.1) is 6.33 Å². The van der Waals surface area contributed by atoms with Gasteiger partial charge in [-0.3, -0.25) is 4.90 Å². The number of H-pyrrole nitrogens is 1. The Morgan fingerprint density at radius 2 is 1.96 bits per heavy atom. The first-order valence-corrected chi connectivity index (χ1v) is 8.55. The number of rotatable bonds is 2. The van der Waals surface area contributed by atoms with Crippen molar-refractivity contribution in [1.82, 2.24) is 24.8 Å². The molecule has 9 heteroatoms. The van der Waals surface area contributed by atoms with Crippen LogP contribution in [0.3, 0.4) is 0 Å².